The molecule has 3 aromatic rings. The van der Waals surface area contributed by atoms with Crippen LogP contribution in [0.5, 0.6) is 0 Å². The lowest BCUT2D eigenvalue weighted by atomic mass is 10.4. The maximum atomic E-state index is 5.19. The first kappa shape index (κ1) is 12.1. The molecular formula is C12H13N5OS. The van der Waals surface area contributed by atoms with E-state index >= 15 is 0 Å². The Labute approximate surface area is 114 Å². The maximum Gasteiger partial charge on any atom is 0.240 e. The minimum Gasteiger partial charge on any atom is -0.338 e. The highest BCUT2D eigenvalue weighted by molar-refractivity contribution is 7.13. The first-order chi connectivity index (χ1) is 9.42. The van der Waals surface area contributed by atoms with E-state index in [2.05, 4.69) is 20.6 Å². The Hall–Kier alpha value is -1.99. The molecule has 0 radical (unpaired) electrons. The molecule has 3 rings (SSSR count). The van der Waals surface area contributed by atoms with Crippen LogP contribution >= 0.6 is 11.3 Å². The van der Waals surface area contributed by atoms with E-state index in [0.717, 1.165) is 18.0 Å². The van der Waals surface area contributed by atoms with Crippen LogP contribution in [0.4, 0.5) is 0 Å². The molecule has 7 heteroatoms. The van der Waals surface area contributed by atoms with Crippen molar-refractivity contribution < 1.29 is 4.52 Å². The van der Waals surface area contributed by atoms with E-state index < -0.39 is 0 Å². The molecule has 0 spiro atoms. The van der Waals surface area contributed by atoms with Crippen LogP contribution in [0.2, 0.25) is 0 Å². The number of hydrogen-bond donors (Lipinski definition) is 1. The third-order valence-corrected chi connectivity index (χ3v) is 3.43. The van der Waals surface area contributed by atoms with E-state index in [-0.39, 0.29) is 0 Å². The third kappa shape index (κ3) is 3.07. The molecule has 98 valence electrons. The van der Waals surface area contributed by atoms with E-state index in [1.807, 2.05) is 34.5 Å². The lowest BCUT2D eigenvalue weighted by molar-refractivity contribution is 0.366. The SMILES string of the molecule is c1csc(-c2noc(CNCCn3cccn3)n2)c1. The summed E-state index contributed by atoms with van der Waals surface area (Å²) in [6.07, 6.45) is 3.70. The van der Waals surface area contributed by atoms with Gasteiger partial charge in [-0.25, -0.2) is 0 Å². The van der Waals surface area contributed by atoms with Gasteiger partial charge in [-0.3, -0.25) is 4.68 Å². The fourth-order valence-electron chi connectivity index (χ4n) is 1.65. The maximum absolute atomic E-state index is 5.19. The summed E-state index contributed by atoms with van der Waals surface area (Å²) in [6.45, 7) is 2.19. The highest BCUT2D eigenvalue weighted by Gasteiger charge is 2.08. The molecule has 0 amide bonds. The van der Waals surface area contributed by atoms with Gasteiger partial charge in [0.15, 0.2) is 0 Å². The van der Waals surface area contributed by atoms with Crippen molar-refractivity contribution in [3.05, 3.63) is 41.9 Å². The summed E-state index contributed by atoms with van der Waals surface area (Å²) >= 11 is 1.60. The van der Waals surface area contributed by atoms with Crippen molar-refractivity contribution in [1.29, 1.82) is 0 Å². The van der Waals surface area contributed by atoms with Crippen molar-refractivity contribution in [3.8, 4) is 10.7 Å². The molecule has 3 heterocycles. The molecule has 0 aromatic carbocycles. The van der Waals surface area contributed by atoms with Crippen LogP contribution < -0.4 is 5.32 Å². The molecule has 0 saturated carbocycles. The van der Waals surface area contributed by atoms with Crippen LogP contribution in [0.25, 0.3) is 10.7 Å². The smallest absolute Gasteiger partial charge is 0.240 e. The zero-order chi connectivity index (χ0) is 12.9. The molecule has 0 aliphatic rings. The predicted octanol–water partition coefficient (Wildman–Crippen LogP) is 1.78. The summed E-state index contributed by atoms with van der Waals surface area (Å²) in [5.74, 6) is 1.25. The van der Waals surface area contributed by atoms with E-state index in [1.165, 1.54) is 0 Å². The van der Waals surface area contributed by atoms with Gasteiger partial charge in [0, 0.05) is 18.9 Å². The molecule has 0 unspecified atom stereocenters. The van der Waals surface area contributed by atoms with Gasteiger partial charge >= 0.3 is 0 Å². The molecule has 0 saturated heterocycles. The zero-order valence-electron chi connectivity index (χ0n) is 10.2. The molecule has 0 bridgehead atoms. The monoisotopic (exact) mass is 275 g/mol. The highest BCUT2D eigenvalue weighted by Crippen LogP contribution is 2.20. The van der Waals surface area contributed by atoms with Gasteiger partial charge in [-0.15, -0.1) is 11.3 Å². The minimum absolute atomic E-state index is 0.569. The van der Waals surface area contributed by atoms with Crippen molar-refractivity contribution in [3.63, 3.8) is 0 Å². The molecule has 1 N–H and O–H groups in total. The second kappa shape index (κ2) is 5.77. The van der Waals surface area contributed by atoms with E-state index in [9.17, 15) is 0 Å². The van der Waals surface area contributed by atoms with Crippen molar-refractivity contribution in [1.82, 2.24) is 25.2 Å². The summed E-state index contributed by atoms with van der Waals surface area (Å²) in [4.78, 5) is 5.35. The molecule has 6 nitrogen and oxygen atoms in total. The number of rotatable bonds is 6. The largest absolute Gasteiger partial charge is 0.338 e. The summed E-state index contributed by atoms with van der Waals surface area (Å²) in [5.41, 5.74) is 0. The fraction of sp³-hybridized carbons (Fsp3) is 0.250. The first-order valence-electron chi connectivity index (χ1n) is 5.96. The van der Waals surface area contributed by atoms with Crippen LogP contribution in [0.15, 0.2) is 40.5 Å². The van der Waals surface area contributed by atoms with Gasteiger partial charge in [-0.2, -0.15) is 10.1 Å². The minimum atomic E-state index is 0.569. The predicted molar refractivity (Wildman–Crippen MR) is 71.5 cm³/mol. The summed E-state index contributed by atoms with van der Waals surface area (Å²) in [7, 11) is 0. The number of nitrogens with zero attached hydrogens (tertiary/aromatic N) is 4. The first-order valence-corrected chi connectivity index (χ1v) is 6.84. The summed E-state index contributed by atoms with van der Waals surface area (Å²) in [5, 5.41) is 13.3. The third-order valence-electron chi connectivity index (χ3n) is 2.56. The van der Waals surface area contributed by atoms with Crippen LogP contribution in [0, 0.1) is 0 Å². The molecule has 0 aliphatic heterocycles. The molecule has 0 aliphatic carbocycles. The van der Waals surface area contributed by atoms with Crippen molar-refractivity contribution in [2.45, 2.75) is 13.1 Å². The average Bonchev–Trinajstić information content (AvgIpc) is 3.15. The second-order valence-electron chi connectivity index (χ2n) is 3.93. The number of hydrogen-bond acceptors (Lipinski definition) is 6. The lowest BCUT2D eigenvalue weighted by Gasteiger charge is -2.01. The molecular weight excluding hydrogens is 262 g/mol. The Kier molecular flexibility index (Phi) is 3.66. The topological polar surface area (TPSA) is 68.8 Å². The van der Waals surface area contributed by atoms with Gasteiger partial charge in [0.2, 0.25) is 11.7 Å². The zero-order valence-corrected chi connectivity index (χ0v) is 11.0. The van der Waals surface area contributed by atoms with E-state index in [0.29, 0.717) is 18.3 Å². The van der Waals surface area contributed by atoms with Gasteiger partial charge in [0.25, 0.3) is 0 Å². The van der Waals surface area contributed by atoms with Gasteiger partial charge in [0.05, 0.1) is 18.0 Å². The van der Waals surface area contributed by atoms with Crippen LogP contribution in [0.1, 0.15) is 5.89 Å². The van der Waals surface area contributed by atoms with Crippen LogP contribution in [0.3, 0.4) is 0 Å². The van der Waals surface area contributed by atoms with Gasteiger partial charge in [-0.05, 0) is 17.5 Å². The Balaban J connectivity index is 1.48. The van der Waals surface area contributed by atoms with Crippen molar-refractivity contribution in [2.75, 3.05) is 6.54 Å². The molecule has 3 aromatic heterocycles. The second-order valence-corrected chi connectivity index (χ2v) is 4.88. The number of aromatic nitrogens is 4. The lowest BCUT2D eigenvalue weighted by Crippen LogP contribution is -2.19. The highest BCUT2D eigenvalue weighted by atomic mass is 32.1. The van der Waals surface area contributed by atoms with Gasteiger partial charge < -0.3 is 9.84 Å². The molecule has 0 atom stereocenters. The van der Waals surface area contributed by atoms with Crippen LogP contribution in [-0.2, 0) is 13.1 Å². The van der Waals surface area contributed by atoms with E-state index in [1.54, 1.807) is 17.5 Å². The molecule has 19 heavy (non-hydrogen) atoms. The normalized spacial score (nSPS) is 10.9. The Bertz CT molecular complexity index is 602. The fourth-order valence-corrected chi connectivity index (χ4v) is 2.30. The van der Waals surface area contributed by atoms with Crippen molar-refractivity contribution in [2.24, 2.45) is 0 Å². The van der Waals surface area contributed by atoms with Gasteiger partial charge in [-0.1, -0.05) is 11.2 Å². The Morgan fingerprint density at radius 1 is 1.37 bits per heavy atom. The Morgan fingerprint density at radius 3 is 3.16 bits per heavy atom. The summed E-state index contributed by atoms with van der Waals surface area (Å²) in [6, 6.07) is 5.86. The van der Waals surface area contributed by atoms with Crippen LogP contribution in [-0.4, -0.2) is 26.5 Å². The van der Waals surface area contributed by atoms with Gasteiger partial charge in [0.1, 0.15) is 0 Å². The number of thiophene rings is 1. The van der Waals surface area contributed by atoms with E-state index in [4.69, 9.17) is 4.52 Å². The van der Waals surface area contributed by atoms with Crippen molar-refractivity contribution >= 4 is 11.3 Å². The Morgan fingerprint density at radius 2 is 2.37 bits per heavy atom. The standard InChI is InChI=1S/C12H13N5OS/c1-3-10(19-8-1)12-15-11(18-16-12)9-13-5-7-17-6-2-4-14-17/h1-4,6,8,13H,5,7,9H2. The quantitative estimate of drug-likeness (QED) is 0.694. The average molecular weight is 275 g/mol. The number of nitrogens with one attached hydrogen (secondary N) is 1. The molecule has 0 fully saturated rings. The summed E-state index contributed by atoms with van der Waals surface area (Å²) < 4.78 is 7.06.